The number of hydrogen-bond acceptors (Lipinski definition) is 7. The third-order valence-electron chi connectivity index (χ3n) is 5.46. The van der Waals surface area contributed by atoms with Crippen LogP contribution in [0.3, 0.4) is 0 Å². The summed E-state index contributed by atoms with van der Waals surface area (Å²) in [6, 6.07) is 9.50. The van der Waals surface area contributed by atoms with Crippen LogP contribution in [0.4, 0.5) is 9.59 Å². The lowest BCUT2D eigenvalue weighted by Gasteiger charge is -2.32. The quantitative estimate of drug-likeness (QED) is 0.648. The fraction of sp³-hybridized carbons (Fsp3) is 0.333. The van der Waals surface area contributed by atoms with Crippen LogP contribution in [-0.2, 0) is 16.4 Å². The minimum absolute atomic E-state index is 0.0602. The topological polar surface area (TPSA) is 96.5 Å². The van der Waals surface area contributed by atoms with E-state index < -0.39 is 22.0 Å². The second kappa shape index (κ2) is 9.38. The normalized spacial score (nSPS) is 13.3. The van der Waals surface area contributed by atoms with Crippen LogP contribution in [0.15, 0.2) is 47.0 Å². The number of amides is 2. The molecule has 0 saturated carbocycles. The molecule has 2 aromatic carbocycles. The Balaban J connectivity index is 2.26. The SMILES string of the molecule is CC1=C(S(=O)(=O)c2ccc(C)cc2)c2cc(OC(=O)N(C)C)cc(OC(=O)N(C)C)c2CN1C. The van der Waals surface area contributed by atoms with Gasteiger partial charge in [-0.05, 0) is 32.0 Å². The van der Waals surface area contributed by atoms with E-state index in [1.54, 1.807) is 43.1 Å². The number of carbonyl (C=O) groups is 2. The van der Waals surface area contributed by atoms with Gasteiger partial charge in [0.05, 0.1) is 9.80 Å². The molecule has 0 unspecified atom stereocenters. The first-order chi connectivity index (χ1) is 15.8. The first-order valence-corrected chi connectivity index (χ1v) is 12.0. The Hall–Kier alpha value is -3.53. The van der Waals surface area contributed by atoms with E-state index in [1.165, 1.54) is 50.1 Å². The highest BCUT2D eigenvalue weighted by Crippen LogP contribution is 2.43. The molecule has 3 rings (SSSR count). The van der Waals surface area contributed by atoms with Gasteiger partial charge >= 0.3 is 12.2 Å². The zero-order chi connectivity index (χ0) is 25.4. The number of allylic oxidation sites excluding steroid dienone is 1. The molecule has 0 saturated heterocycles. The average molecular weight is 488 g/mol. The number of ether oxygens (including phenoxy) is 2. The summed E-state index contributed by atoms with van der Waals surface area (Å²) < 4.78 is 38.5. The number of rotatable bonds is 4. The summed E-state index contributed by atoms with van der Waals surface area (Å²) in [5, 5.41) is 0. The van der Waals surface area contributed by atoms with E-state index >= 15 is 0 Å². The van der Waals surface area contributed by atoms with Crippen molar-refractivity contribution in [2.75, 3.05) is 35.2 Å². The van der Waals surface area contributed by atoms with Gasteiger partial charge in [0.25, 0.3) is 0 Å². The van der Waals surface area contributed by atoms with Crippen molar-refractivity contribution in [2.24, 2.45) is 0 Å². The van der Waals surface area contributed by atoms with Crippen LogP contribution in [0.1, 0.15) is 23.6 Å². The van der Waals surface area contributed by atoms with E-state index in [4.69, 9.17) is 9.47 Å². The fourth-order valence-electron chi connectivity index (χ4n) is 3.41. The summed E-state index contributed by atoms with van der Waals surface area (Å²) in [6.07, 6.45) is -1.29. The minimum Gasteiger partial charge on any atom is -0.410 e. The number of aryl methyl sites for hydroxylation is 1. The number of sulfone groups is 1. The van der Waals surface area contributed by atoms with Crippen molar-refractivity contribution in [2.45, 2.75) is 25.3 Å². The number of benzene rings is 2. The van der Waals surface area contributed by atoms with Crippen molar-refractivity contribution in [3.63, 3.8) is 0 Å². The Kier molecular flexibility index (Phi) is 6.92. The largest absolute Gasteiger partial charge is 0.414 e. The van der Waals surface area contributed by atoms with Gasteiger partial charge < -0.3 is 24.2 Å². The molecular formula is C24H29N3O6S. The first-order valence-electron chi connectivity index (χ1n) is 10.5. The van der Waals surface area contributed by atoms with Gasteiger partial charge in [-0.15, -0.1) is 0 Å². The number of carbonyl (C=O) groups excluding carboxylic acids is 2. The highest BCUT2D eigenvalue weighted by atomic mass is 32.2. The highest BCUT2D eigenvalue weighted by Gasteiger charge is 2.34. The van der Waals surface area contributed by atoms with Crippen LogP contribution >= 0.6 is 0 Å². The van der Waals surface area contributed by atoms with Crippen LogP contribution in [0.2, 0.25) is 0 Å². The smallest absolute Gasteiger partial charge is 0.410 e. The van der Waals surface area contributed by atoms with Crippen LogP contribution < -0.4 is 9.47 Å². The summed E-state index contributed by atoms with van der Waals surface area (Å²) in [7, 11) is 3.93. The molecular weight excluding hydrogens is 458 g/mol. The Morgan fingerprint density at radius 2 is 1.47 bits per heavy atom. The van der Waals surface area contributed by atoms with Crippen LogP contribution in [0.25, 0.3) is 4.91 Å². The maximum Gasteiger partial charge on any atom is 0.414 e. The van der Waals surface area contributed by atoms with Gasteiger partial charge in [0.15, 0.2) is 0 Å². The molecule has 2 aromatic rings. The Labute approximate surface area is 200 Å². The van der Waals surface area contributed by atoms with Gasteiger partial charge in [-0.2, -0.15) is 0 Å². The summed E-state index contributed by atoms with van der Waals surface area (Å²) in [6.45, 7) is 3.89. The Bertz CT molecular complexity index is 1260. The Morgan fingerprint density at radius 1 is 0.912 bits per heavy atom. The van der Waals surface area contributed by atoms with Crippen LogP contribution in [0, 0.1) is 6.92 Å². The zero-order valence-corrected chi connectivity index (χ0v) is 21.2. The van der Waals surface area contributed by atoms with E-state index in [1.807, 2.05) is 6.92 Å². The molecule has 9 nitrogen and oxygen atoms in total. The summed E-state index contributed by atoms with van der Waals surface area (Å²) >= 11 is 0. The lowest BCUT2D eigenvalue weighted by atomic mass is 10.00. The summed E-state index contributed by atoms with van der Waals surface area (Å²) in [5.41, 5.74) is 2.27. The molecule has 0 spiro atoms. The van der Waals surface area contributed by atoms with Crippen LogP contribution in [-0.4, -0.2) is 70.5 Å². The first kappa shape index (κ1) is 25.1. The minimum atomic E-state index is -3.96. The van der Waals surface area contributed by atoms with Gasteiger partial charge in [0.1, 0.15) is 11.5 Å². The van der Waals surface area contributed by atoms with E-state index in [2.05, 4.69) is 0 Å². The monoisotopic (exact) mass is 487 g/mol. The molecule has 1 aliphatic rings. The van der Waals surface area contributed by atoms with Crippen LogP contribution in [0.5, 0.6) is 11.5 Å². The third-order valence-corrected chi connectivity index (χ3v) is 7.40. The van der Waals surface area contributed by atoms with E-state index in [0.29, 0.717) is 23.4 Å². The molecule has 0 fully saturated rings. The van der Waals surface area contributed by atoms with Gasteiger partial charge in [-0.3, -0.25) is 0 Å². The fourth-order valence-corrected chi connectivity index (χ4v) is 5.16. The zero-order valence-electron chi connectivity index (χ0n) is 20.4. The molecule has 10 heteroatoms. The molecule has 2 amide bonds. The molecule has 0 bridgehead atoms. The molecule has 0 aliphatic carbocycles. The molecule has 182 valence electrons. The van der Waals surface area contributed by atoms with Crippen molar-refractivity contribution in [3.8, 4) is 11.5 Å². The predicted molar refractivity (Wildman–Crippen MR) is 128 cm³/mol. The second-order valence-electron chi connectivity index (χ2n) is 8.56. The molecule has 0 aromatic heterocycles. The third kappa shape index (κ3) is 4.86. The standard InChI is InChI=1S/C24H29N3O6S/c1-15-8-10-18(11-9-15)34(30,31)22-16(2)27(7)14-20-19(22)12-17(32-23(28)25(3)4)13-21(20)33-24(29)26(5)6/h8-13H,14H2,1-7H3. The molecule has 1 aliphatic heterocycles. The van der Waals surface area contributed by atoms with E-state index in [-0.39, 0.29) is 21.3 Å². The van der Waals surface area contributed by atoms with Gasteiger partial charge in [-0.1, -0.05) is 17.7 Å². The van der Waals surface area contributed by atoms with E-state index in [9.17, 15) is 18.0 Å². The van der Waals surface area contributed by atoms with Crippen molar-refractivity contribution < 1.29 is 27.5 Å². The molecule has 0 atom stereocenters. The van der Waals surface area contributed by atoms with Crippen molar-refractivity contribution in [1.82, 2.24) is 14.7 Å². The number of hydrogen-bond donors (Lipinski definition) is 0. The Morgan fingerprint density at radius 3 is 2.03 bits per heavy atom. The average Bonchev–Trinajstić information content (AvgIpc) is 2.75. The molecule has 34 heavy (non-hydrogen) atoms. The molecule has 0 radical (unpaired) electrons. The molecule has 1 heterocycles. The highest BCUT2D eigenvalue weighted by molar-refractivity contribution is 8.00. The lowest BCUT2D eigenvalue weighted by Crippen LogP contribution is -2.29. The maximum atomic E-state index is 13.8. The van der Waals surface area contributed by atoms with Gasteiger partial charge in [0.2, 0.25) is 9.84 Å². The summed E-state index contributed by atoms with van der Waals surface area (Å²) in [5.74, 6) is 0.182. The predicted octanol–water partition coefficient (Wildman–Crippen LogP) is 3.72. The summed E-state index contributed by atoms with van der Waals surface area (Å²) in [4.78, 5) is 29.0. The number of fused-ring (bicyclic) bond motifs is 1. The van der Waals surface area contributed by atoms with Crippen molar-refractivity contribution in [3.05, 3.63) is 58.8 Å². The van der Waals surface area contributed by atoms with Crippen molar-refractivity contribution >= 4 is 26.9 Å². The van der Waals surface area contributed by atoms with E-state index in [0.717, 1.165) is 5.56 Å². The van der Waals surface area contributed by atoms with Crippen molar-refractivity contribution in [1.29, 1.82) is 0 Å². The number of nitrogens with zero attached hydrogens (tertiary/aromatic N) is 3. The maximum absolute atomic E-state index is 13.8. The van der Waals surface area contributed by atoms with Gasteiger partial charge in [0, 0.05) is 64.7 Å². The van der Waals surface area contributed by atoms with Gasteiger partial charge in [-0.25, -0.2) is 18.0 Å². The lowest BCUT2D eigenvalue weighted by molar-refractivity contribution is 0.169. The molecule has 0 N–H and O–H groups in total. The second-order valence-corrected chi connectivity index (χ2v) is 10.4.